The molecule has 8 heteroatoms. The summed E-state index contributed by atoms with van der Waals surface area (Å²) in [4.78, 5) is 23.0. The number of carbonyl (C=O) groups is 2. The van der Waals surface area contributed by atoms with Crippen molar-refractivity contribution >= 4 is 33.1 Å². The molecule has 0 aliphatic heterocycles. The van der Waals surface area contributed by atoms with Crippen molar-refractivity contribution in [2.75, 3.05) is 6.26 Å². The van der Waals surface area contributed by atoms with Crippen LogP contribution >= 0.6 is 11.3 Å². The van der Waals surface area contributed by atoms with Crippen molar-refractivity contribution in [2.24, 2.45) is 5.92 Å². The first-order valence-corrected chi connectivity index (χ1v) is 8.86. The van der Waals surface area contributed by atoms with Gasteiger partial charge in [-0.3, -0.25) is 4.79 Å². The Labute approximate surface area is 120 Å². The Bertz CT molecular complexity index is 630. The van der Waals surface area contributed by atoms with E-state index in [-0.39, 0.29) is 9.77 Å². The first kappa shape index (κ1) is 15.0. The van der Waals surface area contributed by atoms with Gasteiger partial charge in [0.1, 0.15) is 10.3 Å². The first-order chi connectivity index (χ1) is 9.27. The fraction of sp³-hybridized carbons (Fsp3) is 0.500. The van der Waals surface area contributed by atoms with E-state index in [1.807, 2.05) is 0 Å². The van der Waals surface area contributed by atoms with Crippen LogP contribution in [0.5, 0.6) is 0 Å². The van der Waals surface area contributed by atoms with E-state index in [1.54, 1.807) is 0 Å². The zero-order chi connectivity index (χ0) is 14.9. The molecule has 1 amide bonds. The van der Waals surface area contributed by atoms with Crippen LogP contribution < -0.4 is 5.32 Å². The van der Waals surface area contributed by atoms with Gasteiger partial charge in [0.15, 0.2) is 9.84 Å². The van der Waals surface area contributed by atoms with Crippen LogP contribution in [0, 0.1) is 5.92 Å². The topological polar surface area (TPSA) is 101 Å². The summed E-state index contributed by atoms with van der Waals surface area (Å²) in [6.45, 7) is 0. The maximum absolute atomic E-state index is 11.9. The molecule has 1 aliphatic rings. The summed E-state index contributed by atoms with van der Waals surface area (Å²) in [5, 5.41) is 12.9. The minimum atomic E-state index is -3.35. The molecule has 1 heterocycles. The van der Waals surface area contributed by atoms with Crippen molar-refractivity contribution in [2.45, 2.75) is 29.5 Å². The van der Waals surface area contributed by atoms with Gasteiger partial charge in [-0.25, -0.2) is 13.2 Å². The number of carbonyl (C=O) groups excluding carboxylic acids is 1. The molecule has 1 fully saturated rings. The van der Waals surface area contributed by atoms with Crippen molar-refractivity contribution in [1.82, 2.24) is 5.32 Å². The minimum Gasteiger partial charge on any atom is -0.480 e. The van der Waals surface area contributed by atoms with Crippen LogP contribution in [-0.4, -0.2) is 37.7 Å². The van der Waals surface area contributed by atoms with Gasteiger partial charge in [0.25, 0.3) is 5.91 Å². The third-order valence-electron chi connectivity index (χ3n) is 3.07. The van der Waals surface area contributed by atoms with E-state index in [9.17, 15) is 18.0 Å². The maximum Gasteiger partial charge on any atom is 0.326 e. The molecule has 2 N–H and O–H groups in total. The van der Waals surface area contributed by atoms with Crippen LogP contribution in [0.25, 0.3) is 0 Å². The van der Waals surface area contributed by atoms with E-state index in [0.29, 0.717) is 12.3 Å². The Balaban J connectivity index is 2.06. The molecule has 0 bridgehead atoms. The third kappa shape index (κ3) is 3.80. The molecule has 0 saturated heterocycles. The second kappa shape index (κ2) is 5.53. The molecule has 1 aromatic heterocycles. The number of hydrogen-bond acceptors (Lipinski definition) is 5. The normalized spacial score (nSPS) is 16.6. The average molecular weight is 317 g/mol. The van der Waals surface area contributed by atoms with Gasteiger partial charge in [-0.1, -0.05) is 12.8 Å². The number of aliphatic carboxylic acids is 1. The van der Waals surface area contributed by atoms with Gasteiger partial charge in [-0.05, 0) is 18.4 Å². The summed E-state index contributed by atoms with van der Waals surface area (Å²) in [5.41, 5.74) is 0.178. The van der Waals surface area contributed by atoms with E-state index >= 15 is 0 Å². The van der Waals surface area contributed by atoms with Crippen LogP contribution in [0.15, 0.2) is 15.7 Å². The highest BCUT2D eigenvalue weighted by Gasteiger charge is 2.30. The molecule has 0 spiro atoms. The molecule has 0 aromatic carbocycles. The monoisotopic (exact) mass is 317 g/mol. The van der Waals surface area contributed by atoms with E-state index in [1.165, 1.54) is 11.4 Å². The number of carboxylic acids is 1. The van der Waals surface area contributed by atoms with E-state index < -0.39 is 27.8 Å². The van der Waals surface area contributed by atoms with Crippen molar-refractivity contribution in [3.63, 3.8) is 0 Å². The molecule has 110 valence electrons. The lowest BCUT2D eigenvalue weighted by Crippen LogP contribution is -2.41. The minimum absolute atomic E-state index is 0.0942. The molecule has 2 rings (SSSR count). The number of rotatable bonds is 6. The van der Waals surface area contributed by atoms with Crippen LogP contribution in [0.1, 0.15) is 29.6 Å². The SMILES string of the molecule is CS(=O)(=O)c1cc(C(=O)NC(CC2CC2)C(=O)O)cs1. The van der Waals surface area contributed by atoms with Gasteiger partial charge in [-0.15, -0.1) is 11.3 Å². The molecule has 1 atom stereocenters. The van der Waals surface area contributed by atoms with Gasteiger partial charge in [0, 0.05) is 11.6 Å². The fourth-order valence-corrected chi connectivity index (χ4v) is 3.58. The fourth-order valence-electron chi connectivity index (χ4n) is 1.78. The summed E-state index contributed by atoms with van der Waals surface area (Å²) in [6, 6.07) is 0.349. The Hall–Kier alpha value is -1.41. The molecule has 20 heavy (non-hydrogen) atoms. The standard InChI is InChI=1S/C12H15NO5S2/c1-20(17,18)10-5-8(6-19-10)11(14)13-9(12(15)16)4-7-2-3-7/h5-7,9H,2-4H2,1H3,(H,13,14)(H,15,16). The summed E-state index contributed by atoms with van der Waals surface area (Å²) >= 11 is 0.950. The second-order valence-electron chi connectivity index (χ2n) is 4.97. The van der Waals surface area contributed by atoms with E-state index in [0.717, 1.165) is 30.4 Å². The summed E-state index contributed by atoms with van der Waals surface area (Å²) in [7, 11) is -3.35. The zero-order valence-corrected chi connectivity index (χ0v) is 12.5. The van der Waals surface area contributed by atoms with Gasteiger partial charge in [0.2, 0.25) is 0 Å². The lowest BCUT2D eigenvalue weighted by molar-refractivity contribution is -0.139. The highest BCUT2D eigenvalue weighted by Crippen LogP contribution is 2.33. The Morgan fingerprint density at radius 2 is 2.15 bits per heavy atom. The first-order valence-electron chi connectivity index (χ1n) is 6.09. The molecule has 1 unspecified atom stereocenters. The Kier molecular flexibility index (Phi) is 4.14. The van der Waals surface area contributed by atoms with Gasteiger partial charge < -0.3 is 10.4 Å². The zero-order valence-electron chi connectivity index (χ0n) is 10.8. The highest BCUT2D eigenvalue weighted by molar-refractivity contribution is 7.92. The van der Waals surface area contributed by atoms with Crippen molar-refractivity contribution in [3.05, 3.63) is 17.0 Å². The molecule has 0 radical (unpaired) electrons. The molecular weight excluding hydrogens is 302 g/mol. The van der Waals surface area contributed by atoms with Gasteiger partial charge in [0.05, 0.1) is 5.56 Å². The van der Waals surface area contributed by atoms with Crippen LogP contribution in [0.4, 0.5) is 0 Å². The number of hydrogen-bond donors (Lipinski definition) is 2. The average Bonchev–Trinajstić information content (AvgIpc) is 2.99. The van der Waals surface area contributed by atoms with Gasteiger partial charge in [-0.2, -0.15) is 0 Å². The van der Waals surface area contributed by atoms with Crippen LogP contribution in [0.3, 0.4) is 0 Å². The third-order valence-corrected chi connectivity index (χ3v) is 5.84. The van der Waals surface area contributed by atoms with Crippen molar-refractivity contribution in [3.8, 4) is 0 Å². The Morgan fingerprint density at radius 3 is 2.60 bits per heavy atom. The van der Waals surface area contributed by atoms with Gasteiger partial charge >= 0.3 is 5.97 Å². The van der Waals surface area contributed by atoms with Crippen LogP contribution in [-0.2, 0) is 14.6 Å². The summed E-state index contributed by atoms with van der Waals surface area (Å²) in [6.07, 6.45) is 3.48. The van der Waals surface area contributed by atoms with Crippen molar-refractivity contribution < 1.29 is 23.1 Å². The molecule has 1 saturated carbocycles. The molecule has 1 aliphatic carbocycles. The summed E-state index contributed by atoms with van der Waals surface area (Å²) in [5.74, 6) is -1.25. The number of carboxylic acid groups (broad SMARTS) is 1. The Morgan fingerprint density at radius 1 is 1.50 bits per heavy atom. The predicted octanol–water partition coefficient (Wildman–Crippen LogP) is 1.13. The predicted molar refractivity (Wildman–Crippen MR) is 73.7 cm³/mol. The number of nitrogens with one attached hydrogen (secondary N) is 1. The quantitative estimate of drug-likeness (QED) is 0.819. The summed E-state index contributed by atoms with van der Waals surface area (Å²) < 4.78 is 22.8. The highest BCUT2D eigenvalue weighted by atomic mass is 32.2. The molecule has 1 aromatic rings. The second-order valence-corrected chi connectivity index (χ2v) is 8.12. The largest absolute Gasteiger partial charge is 0.480 e. The lowest BCUT2D eigenvalue weighted by Gasteiger charge is -2.13. The van der Waals surface area contributed by atoms with E-state index in [4.69, 9.17) is 5.11 Å². The molecular formula is C12H15NO5S2. The maximum atomic E-state index is 11.9. The number of sulfone groups is 1. The van der Waals surface area contributed by atoms with E-state index in [2.05, 4.69) is 5.32 Å². The van der Waals surface area contributed by atoms with Crippen LogP contribution in [0.2, 0.25) is 0 Å². The lowest BCUT2D eigenvalue weighted by atomic mass is 10.1. The van der Waals surface area contributed by atoms with Crippen molar-refractivity contribution in [1.29, 1.82) is 0 Å². The number of amides is 1. The smallest absolute Gasteiger partial charge is 0.326 e. The molecule has 6 nitrogen and oxygen atoms in total. The number of thiophene rings is 1.